The fourth-order valence-corrected chi connectivity index (χ4v) is 3.57. The Morgan fingerprint density at radius 2 is 2.20 bits per heavy atom. The first-order valence-electron chi connectivity index (χ1n) is 7.69. The van der Waals surface area contributed by atoms with Gasteiger partial charge in [-0.25, -0.2) is 0 Å². The van der Waals surface area contributed by atoms with Gasteiger partial charge in [-0.1, -0.05) is 6.07 Å². The lowest BCUT2D eigenvalue weighted by Crippen LogP contribution is -2.22. The van der Waals surface area contributed by atoms with Gasteiger partial charge in [-0.15, -0.1) is 11.3 Å². The van der Waals surface area contributed by atoms with Gasteiger partial charge in [0, 0.05) is 23.7 Å². The molecule has 4 heterocycles. The molecule has 1 aliphatic rings. The highest BCUT2D eigenvalue weighted by Crippen LogP contribution is 2.39. The number of nitrogens with one attached hydrogen (secondary N) is 3. The van der Waals surface area contributed by atoms with Crippen molar-refractivity contribution in [2.45, 2.75) is 6.54 Å². The molecule has 3 aromatic heterocycles. The standard InChI is InChI=1S/C18H14N4O2S/c23-16-13(8-11-5-3-7-19-11)14-9-15(25-18(14)22-16)17(24)21-10-12-4-1-2-6-20-12/h1-9,19H,10H2,(H,21,24)(H,22,23). The van der Waals surface area contributed by atoms with Crippen molar-refractivity contribution in [3.05, 3.63) is 70.6 Å². The third-order valence-corrected chi connectivity index (χ3v) is 4.85. The smallest absolute Gasteiger partial charge is 0.261 e. The van der Waals surface area contributed by atoms with Crippen molar-refractivity contribution < 1.29 is 9.59 Å². The Morgan fingerprint density at radius 1 is 1.28 bits per heavy atom. The summed E-state index contributed by atoms with van der Waals surface area (Å²) in [5.74, 6) is -0.338. The number of amides is 2. The average molecular weight is 350 g/mol. The molecule has 6 nitrogen and oxygen atoms in total. The predicted octanol–water partition coefficient (Wildman–Crippen LogP) is 2.89. The van der Waals surface area contributed by atoms with Gasteiger partial charge in [-0.05, 0) is 36.4 Å². The fourth-order valence-electron chi connectivity index (χ4n) is 2.58. The number of hydrogen-bond acceptors (Lipinski definition) is 4. The number of nitrogens with zero attached hydrogens (tertiary/aromatic N) is 1. The van der Waals surface area contributed by atoms with Crippen molar-refractivity contribution in [3.63, 3.8) is 0 Å². The summed E-state index contributed by atoms with van der Waals surface area (Å²) in [5, 5.41) is 6.36. The van der Waals surface area contributed by atoms with Crippen molar-refractivity contribution in [1.29, 1.82) is 0 Å². The van der Waals surface area contributed by atoms with Gasteiger partial charge in [0.2, 0.25) is 0 Å². The molecule has 0 spiro atoms. The van der Waals surface area contributed by atoms with Crippen molar-refractivity contribution in [2.75, 3.05) is 5.32 Å². The third-order valence-electron chi connectivity index (χ3n) is 3.80. The topological polar surface area (TPSA) is 86.9 Å². The number of rotatable bonds is 4. The largest absolute Gasteiger partial charge is 0.362 e. The van der Waals surface area contributed by atoms with E-state index in [0.29, 0.717) is 22.0 Å². The molecule has 0 atom stereocenters. The molecule has 0 saturated heterocycles. The molecule has 124 valence electrons. The number of fused-ring (bicyclic) bond motifs is 1. The summed E-state index contributed by atoms with van der Waals surface area (Å²) in [6.07, 6.45) is 5.27. The monoisotopic (exact) mass is 350 g/mol. The van der Waals surface area contributed by atoms with Crippen LogP contribution in [0.15, 0.2) is 48.8 Å². The molecular formula is C18H14N4O2S. The van der Waals surface area contributed by atoms with Crippen LogP contribution in [0.1, 0.15) is 26.6 Å². The second-order valence-corrected chi connectivity index (χ2v) is 6.55. The number of hydrogen-bond donors (Lipinski definition) is 3. The molecule has 3 N–H and O–H groups in total. The number of H-pyrrole nitrogens is 1. The van der Waals surface area contributed by atoms with Crippen LogP contribution in [0.4, 0.5) is 5.00 Å². The van der Waals surface area contributed by atoms with Gasteiger partial charge in [0.25, 0.3) is 11.8 Å². The summed E-state index contributed by atoms with van der Waals surface area (Å²) in [4.78, 5) is 32.3. The summed E-state index contributed by atoms with van der Waals surface area (Å²) in [7, 11) is 0. The van der Waals surface area contributed by atoms with E-state index in [1.807, 2.05) is 30.3 Å². The van der Waals surface area contributed by atoms with Gasteiger partial charge >= 0.3 is 0 Å². The Hall–Kier alpha value is -3.19. The fraction of sp³-hybridized carbons (Fsp3) is 0.0556. The van der Waals surface area contributed by atoms with Crippen molar-refractivity contribution in [1.82, 2.24) is 15.3 Å². The van der Waals surface area contributed by atoms with E-state index in [4.69, 9.17) is 0 Å². The Balaban J connectivity index is 1.53. The highest BCUT2D eigenvalue weighted by molar-refractivity contribution is 7.18. The Kier molecular flexibility index (Phi) is 3.91. The quantitative estimate of drug-likeness (QED) is 0.632. The van der Waals surface area contributed by atoms with Crippen molar-refractivity contribution >= 4 is 39.8 Å². The third kappa shape index (κ3) is 3.09. The molecule has 1 aliphatic heterocycles. The van der Waals surface area contributed by atoms with E-state index in [1.54, 1.807) is 24.5 Å². The van der Waals surface area contributed by atoms with Crippen LogP contribution in [0, 0.1) is 0 Å². The zero-order valence-corrected chi connectivity index (χ0v) is 13.9. The molecule has 0 radical (unpaired) electrons. The van der Waals surface area contributed by atoms with E-state index in [0.717, 1.165) is 17.0 Å². The molecule has 0 saturated carbocycles. The molecule has 0 bridgehead atoms. The number of anilines is 1. The number of pyridine rings is 1. The first-order chi connectivity index (χ1) is 12.2. The van der Waals surface area contributed by atoms with Gasteiger partial charge < -0.3 is 15.6 Å². The summed E-state index contributed by atoms with van der Waals surface area (Å²) in [6, 6.07) is 11.1. The maximum Gasteiger partial charge on any atom is 0.261 e. The molecule has 0 fully saturated rings. The maximum absolute atomic E-state index is 12.4. The molecule has 3 aromatic rings. The van der Waals surface area contributed by atoms with Gasteiger partial charge in [-0.2, -0.15) is 0 Å². The van der Waals surface area contributed by atoms with Crippen LogP contribution in [0.25, 0.3) is 11.6 Å². The summed E-state index contributed by atoms with van der Waals surface area (Å²) >= 11 is 1.27. The van der Waals surface area contributed by atoms with E-state index < -0.39 is 0 Å². The lowest BCUT2D eigenvalue weighted by Gasteiger charge is -2.03. The van der Waals surface area contributed by atoms with Crippen molar-refractivity contribution in [2.24, 2.45) is 0 Å². The van der Waals surface area contributed by atoms with Crippen LogP contribution >= 0.6 is 11.3 Å². The molecule has 0 aromatic carbocycles. The molecule has 0 aliphatic carbocycles. The van der Waals surface area contributed by atoms with E-state index in [1.165, 1.54) is 11.3 Å². The Bertz CT molecular complexity index is 958. The van der Waals surface area contributed by atoms with Crippen LogP contribution in [-0.2, 0) is 11.3 Å². The summed E-state index contributed by atoms with van der Waals surface area (Å²) < 4.78 is 0. The second-order valence-electron chi connectivity index (χ2n) is 5.49. The van der Waals surface area contributed by atoms with Crippen LogP contribution < -0.4 is 10.6 Å². The summed E-state index contributed by atoms with van der Waals surface area (Å²) in [6.45, 7) is 0.361. The van der Waals surface area contributed by atoms with Crippen LogP contribution in [0.3, 0.4) is 0 Å². The summed E-state index contributed by atoms with van der Waals surface area (Å²) in [5.41, 5.74) is 2.94. The van der Waals surface area contributed by atoms with Crippen LogP contribution in [0.5, 0.6) is 0 Å². The average Bonchev–Trinajstić information content (AvgIpc) is 3.33. The van der Waals surface area contributed by atoms with Crippen molar-refractivity contribution in [3.8, 4) is 0 Å². The van der Waals surface area contributed by atoms with Gasteiger partial charge in [0.05, 0.1) is 22.7 Å². The number of carbonyl (C=O) groups excluding carboxylic acids is 2. The first kappa shape index (κ1) is 15.3. The molecule has 7 heteroatoms. The number of aromatic nitrogens is 2. The van der Waals surface area contributed by atoms with Crippen LogP contribution in [0.2, 0.25) is 0 Å². The highest BCUT2D eigenvalue weighted by atomic mass is 32.1. The Morgan fingerprint density at radius 3 is 2.96 bits per heavy atom. The predicted molar refractivity (Wildman–Crippen MR) is 97.0 cm³/mol. The van der Waals surface area contributed by atoms with Gasteiger partial charge in [0.15, 0.2) is 0 Å². The molecule has 4 rings (SSSR count). The van der Waals surface area contributed by atoms with E-state index in [2.05, 4.69) is 20.6 Å². The lowest BCUT2D eigenvalue weighted by molar-refractivity contribution is -0.110. The highest BCUT2D eigenvalue weighted by Gasteiger charge is 2.28. The Labute approximate surface area is 147 Å². The van der Waals surface area contributed by atoms with E-state index in [-0.39, 0.29) is 11.8 Å². The van der Waals surface area contributed by atoms with Gasteiger partial charge in [-0.3, -0.25) is 14.6 Å². The minimum absolute atomic E-state index is 0.156. The maximum atomic E-state index is 12.4. The molecule has 2 amide bonds. The first-order valence-corrected chi connectivity index (χ1v) is 8.51. The van der Waals surface area contributed by atoms with E-state index >= 15 is 0 Å². The van der Waals surface area contributed by atoms with Crippen LogP contribution in [-0.4, -0.2) is 21.8 Å². The second kappa shape index (κ2) is 6.37. The zero-order chi connectivity index (χ0) is 17.2. The lowest BCUT2D eigenvalue weighted by atomic mass is 10.1. The zero-order valence-electron chi connectivity index (χ0n) is 13.1. The normalized spacial score (nSPS) is 14.4. The molecule has 0 unspecified atom stereocenters. The minimum Gasteiger partial charge on any atom is -0.362 e. The minimum atomic E-state index is -0.182. The number of thiophene rings is 1. The van der Waals surface area contributed by atoms with Gasteiger partial charge in [0.1, 0.15) is 5.00 Å². The molecular weight excluding hydrogens is 336 g/mol. The molecule has 25 heavy (non-hydrogen) atoms. The number of carbonyl (C=O) groups is 2. The number of aromatic amines is 1. The van der Waals surface area contributed by atoms with E-state index in [9.17, 15) is 9.59 Å². The SMILES string of the molecule is O=C1Nc2sc(C(=O)NCc3ccccn3)cc2C1=Cc1ccc[nH]1.